The van der Waals surface area contributed by atoms with E-state index >= 15 is 0 Å². The van der Waals surface area contributed by atoms with Crippen molar-refractivity contribution in [1.29, 1.82) is 0 Å². The highest BCUT2D eigenvalue weighted by molar-refractivity contribution is 5.88. The Bertz CT molecular complexity index is 719. The Hall–Kier alpha value is -2.10. The molecule has 142 valence electrons. The van der Waals surface area contributed by atoms with Crippen LogP contribution in [0, 0.1) is 17.3 Å². The molecular formula is C22H30O4. The number of carboxylic acid groups (broad SMARTS) is 1. The van der Waals surface area contributed by atoms with E-state index in [1.54, 1.807) is 0 Å². The highest BCUT2D eigenvalue weighted by atomic mass is 16.4. The summed E-state index contributed by atoms with van der Waals surface area (Å²) in [7, 11) is 0. The first-order chi connectivity index (χ1) is 12.1. The molecule has 1 aromatic carbocycles. The molecule has 0 amide bonds. The molecule has 4 heteroatoms. The topological polar surface area (TPSA) is 74.6 Å². The van der Waals surface area contributed by atoms with Crippen molar-refractivity contribution in [3.8, 4) is 5.75 Å². The second-order valence-electron chi connectivity index (χ2n) is 8.04. The normalized spacial score (nSPS) is 26.8. The second-order valence-corrected chi connectivity index (χ2v) is 8.04. The fourth-order valence-corrected chi connectivity index (χ4v) is 3.90. The van der Waals surface area contributed by atoms with Crippen molar-refractivity contribution in [2.75, 3.05) is 0 Å². The smallest absolute Gasteiger partial charge is 0.335 e. The lowest BCUT2D eigenvalue weighted by Crippen LogP contribution is -2.41. The Kier molecular flexibility index (Phi) is 6.27. The summed E-state index contributed by atoms with van der Waals surface area (Å²) < 4.78 is 0. The molecule has 3 atom stereocenters. The molecule has 26 heavy (non-hydrogen) atoms. The third-order valence-electron chi connectivity index (χ3n) is 6.48. The molecule has 1 aromatic rings. The first-order valence-electron chi connectivity index (χ1n) is 9.38. The molecule has 1 aliphatic rings. The van der Waals surface area contributed by atoms with Crippen LogP contribution in [-0.4, -0.2) is 22.0 Å². The van der Waals surface area contributed by atoms with Crippen molar-refractivity contribution < 1.29 is 19.8 Å². The van der Waals surface area contributed by atoms with Gasteiger partial charge in [0.1, 0.15) is 11.5 Å². The molecule has 0 aliphatic heterocycles. The Morgan fingerprint density at radius 2 is 2.04 bits per heavy atom. The van der Waals surface area contributed by atoms with E-state index in [0.717, 1.165) is 19.3 Å². The van der Waals surface area contributed by atoms with Gasteiger partial charge in [0.2, 0.25) is 0 Å². The molecule has 2 rings (SSSR count). The van der Waals surface area contributed by atoms with Crippen LogP contribution in [0.4, 0.5) is 0 Å². The second kappa shape index (κ2) is 8.07. The van der Waals surface area contributed by atoms with Crippen LogP contribution in [0.1, 0.15) is 69.3 Å². The zero-order chi connectivity index (χ0) is 19.5. The van der Waals surface area contributed by atoms with Crippen molar-refractivity contribution >= 4 is 11.8 Å². The Morgan fingerprint density at radius 3 is 2.69 bits per heavy atom. The molecule has 1 aliphatic carbocycles. The molecule has 0 radical (unpaired) electrons. The third kappa shape index (κ3) is 4.35. The molecule has 1 saturated carbocycles. The summed E-state index contributed by atoms with van der Waals surface area (Å²) >= 11 is 0. The van der Waals surface area contributed by atoms with Gasteiger partial charge in [0, 0.05) is 12.3 Å². The summed E-state index contributed by atoms with van der Waals surface area (Å²) in [5, 5.41) is 19.0. The molecule has 0 bridgehead atoms. The highest BCUT2D eigenvalue weighted by Gasteiger charge is 2.42. The maximum Gasteiger partial charge on any atom is 0.335 e. The minimum absolute atomic E-state index is 0.0236. The number of phenolic OH excluding ortho intramolecular Hbond substituents is 1. The van der Waals surface area contributed by atoms with Crippen LogP contribution in [0.5, 0.6) is 5.75 Å². The first kappa shape index (κ1) is 20.2. The standard InChI is InChI=1S/C22H30O4/c1-14(5-7-17-13-18(21(25)26)8-10-20(17)24)11-12-22(4)15(2)6-9-19(23)16(22)3/h5,8,10,13,15-16,24H,6-7,9,11-12H2,1-4H3,(H,25,26). The summed E-state index contributed by atoms with van der Waals surface area (Å²) in [5.41, 5.74) is 2.02. The van der Waals surface area contributed by atoms with Gasteiger partial charge in [0.05, 0.1) is 5.56 Å². The van der Waals surface area contributed by atoms with Crippen molar-refractivity contribution in [2.24, 2.45) is 17.3 Å². The number of carbonyl (C=O) groups excluding carboxylic acids is 1. The number of ketones is 1. The average molecular weight is 358 g/mol. The molecule has 1 fully saturated rings. The number of hydrogen-bond donors (Lipinski definition) is 2. The summed E-state index contributed by atoms with van der Waals surface area (Å²) in [4.78, 5) is 23.2. The molecule has 0 saturated heterocycles. The van der Waals surface area contributed by atoms with Gasteiger partial charge in [-0.1, -0.05) is 32.4 Å². The van der Waals surface area contributed by atoms with E-state index in [-0.39, 0.29) is 22.6 Å². The zero-order valence-corrected chi connectivity index (χ0v) is 16.2. The van der Waals surface area contributed by atoms with Gasteiger partial charge >= 0.3 is 5.97 Å². The molecule has 4 nitrogen and oxygen atoms in total. The fraction of sp³-hybridized carbons (Fsp3) is 0.545. The molecule has 0 spiro atoms. The van der Waals surface area contributed by atoms with Gasteiger partial charge in [-0.15, -0.1) is 0 Å². The van der Waals surface area contributed by atoms with Gasteiger partial charge in [-0.3, -0.25) is 4.79 Å². The van der Waals surface area contributed by atoms with Crippen molar-refractivity contribution in [2.45, 2.75) is 59.8 Å². The van der Waals surface area contributed by atoms with Crippen LogP contribution in [0.2, 0.25) is 0 Å². The number of carbonyl (C=O) groups is 2. The lowest BCUT2D eigenvalue weighted by molar-refractivity contribution is -0.132. The van der Waals surface area contributed by atoms with Crippen molar-refractivity contribution in [3.63, 3.8) is 0 Å². The number of aromatic carboxylic acids is 1. The largest absolute Gasteiger partial charge is 0.508 e. The number of hydrogen-bond acceptors (Lipinski definition) is 3. The van der Waals surface area contributed by atoms with Gasteiger partial charge in [-0.2, -0.15) is 0 Å². The number of aromatic hydroxyl groups is 1. The van der Waals surface area contributed by atoms with E-state index < -0.39 is 5.97 Å². The quantitative estimate of drug-likeness (QED) is 0.702. The molecule has 3 unspecified atom stereocenters. The average Bonchev–Trinajstić information content (AvgIpc) is 2.61. The minimum Gasteiger partial charge on any atom is -0.508 e. The predicted octanol–water partition coefficient (Wildman–Crippen LogP) is 5.00. The lowest BCUT2D eigenvalue weighted by Gasteiger charge is -2.44. The summed E-state index contributed by atoms with van der Waals surface area (Å²) in [6.45, 7) is 8.60. The minimum atomic E-state index is -0.996. The Balaban J connectivity index is 2.04. The summed E-state index contributed by atoms with van der Waals surface area (Å²) in [6, 6.07) is 4.36. The van der Waals surface area contributed by atoms with Gasteiger partial charge < -0.3 is 10.2 Å². The third-order valence-corrected chi connectivity index (χ3v) is 6.48. The number of rotatable bonds is 6. The number of Topliss-reactive ketones (excluding diaryl/α,β-unsaturated/α-hetero) is 1. The van der Waals surface area contributed by atoms with E-state index in [4.69, 9.17) is 5.11 Å². The summed E-state index contributed by atoms with van der Waals surface area (Å²) in [5.74, 6) is 0.119. The van der Waals surface area contributed by atoms with Gasteiger partial charge in [0.25, 0.3) is 0 Å². The van der Waals surface area contributed by atoms with Gasteiger partial charge in [-0.25, -0.2) is 4.79 Å². The molecule has 0 aromatic heterocycles. The highest BCUT2D eigenvalue weighted by Crippen LogP contribution is 2.47. The van der Waals surface area contributed by atoms with Crippen LogP contribution in [0.3, 0.4) is 0 Å². The maximum atomic E-state index is 12.1. The Labute approximate surface area is 155 Å². The zero-order valence-electron chi connectivity index (χ0n) is 16.2. The SMILES string of the molecule is CC(=CCc1cc(C(=O)O)ccc1O)CCC1(C)C(C)CCC(=O)C1C. The maximum absolute atomic E-state index is 12.1. The molecule has 0 heterocycles. The van der Waals surface area contributed by atoms with Crippen LogP contribution < -0.4 is 0 Å². The number of benzene rings is 1. The molecular weight excluding hydrogens is 328 g/mol. The van der Waals surface area contributed by atoms with Crippen LogP contribution in [0.25, 0.3) is 0 Å². The van der Waals surface area contributed by atoms with Crippen LogP contribution >= 0.6 is 0 Å². The van der Waals surface area contributed by atoms with E-state index in [0.29, 0.717) is 30.1 Å². The van der Waals surface area contributed by atoms with Crippen LogP contribution in [-0.2, 0) is 11.2 Å². The van der Waals surface area contributed by atoms with E-state index in [1.165, 1.54) is 23.8 Å². The number of carboxylic acids is 1. The summed E-state index contributed by atoms with van der Waals surface area (Å²) in [6.07, 6.45) is 6.08. The fourth-order valence-electron chi connectivity index (χ4n) is 3.90. The van der Waals surface area contributed by atoms with Crippen molar-refractivity contribution in [1.82, 2.24) is 0 Å². The lowest BCUT2D eigenvalue weighted by atomic mass is 9.59. The number of allylic oxidation sites excluding steroid dienone is 2. The van der Waals surface area contributed by atoms with E-state index in [1.807, 2.05) is 6.08 Å². The molecule has 2 N–H and O–H groups in total. The van der Waals surface area contributed by atoms with E-state index in [2.05, 4.69) is 27.7 Å². The van der Waals surface area contributed by atoms with Gasteiger partial charge in [0.15, 0.2) is 0 Å². The predicted molar refractivity (Wildman–Crippen MR) is 102 cm³/mol. The first-order valence-corrected chi connectivity index (χ1v) is 9.38. The van der Waals surface area contributed by atoms with Crippen LogP contribution in [0.15, 0.2) is 29.8 Å². The van der Waals surface area contributed by atoms with E-state index in [9.17, 15) is 14.7 Å². The number of phenols is 1. The van der Waals surface area contributed by atoms with Crippen molar-refractivity contribution in [3.05, 3.63) is 41.0 Å². The monoisotopic (exact) mass is 358 g/mol. The Morgan fingerprint density at radius 1 is 1.35 bits per heavy atom. The van der Waals surface area contributed by atoms with Gasteiger partial charge in [-0.05, 0) is 67.7 Å².